The Morgan fingerprint density at radius 3 is 2.67 bits per heavy atom. The van der Waals surface area contributed by atoms with Gasteiger partial charge in [-0.3, -0.25) is 4.79 Å². The van der Waals surface area contributed by atoms with E-state index in [9.17, 15) is 4.79 Å². The van der Waals surface area contributed by atoms with Crippen molar-refractivity contribution in [3.05, 3.63) is 0 Å². The van der Waals surface area contributed by atoms with Gasteiger partial charge in [-0.25, -0.2) is 0 Å². The Hall–Kier alpha value is -0.570. The Labute approximate surface area is 92.3 Å². The summed E-state index contributed by atoms with van der Waals surface area (Å²) < 4.78 is 0. The number of carboxylic acids is 1. The van der Waals surface area contributed by atoms with Crippen LogP contribution < -0.4 is 5.32 Å². The largest absolute Gasteiger partial charge is 0.480 e. The van der Waals surface area contributed by atoms with Crippen LogP contribution in [-0.2, 0) is 4.79 Å². The Kier molecular flexibility index (Phi) is 4.14. The summed E-state index contributed by atoms with van der Waals surface area (Å²) in [5.41, 5.74) is 0.251. The molecule has 2 atom stereocenters. The van der Waals surface area contributed by atoms with Gasteiger partial charge in [0.15, 0.2) is 0 Å². The summed E-state index contributed by atoms with van der Waals surface area (Å²) in [4.78, 5) is 11.0. The fourth-order valence-corrected chi connectivity index (χ4v) is 2.45. The normalized spacial score (nSPS) is 26.5. The molecule has 1 rings (SSSR count). The molecule has 0 aromatic carbocycles. The number of rotatable bonds is 5. The first kappa shape index (κ1) is 12.5. The fraction of sp³-hybridized carbons (Fsp3) is 0.917. The molecular formula is C12H23NO2. The van der Waals surface area contributed by atoms with Crippen LogP contribution >= 0.6 is 0 Å². The molecule has 2 unspecified atom stereocenters. The van der Waals surface area contributed by atoms with E-state index in [0.29, 0.717) is 6.04 Å². The van der Waals surface area contributed by atoms with Gasteiger partial charge < -0.3 is 10.4 Å². The van der Waals surface area contributed by atoms with E-state index in [1.807, 2.05) is 6.92 Å². The van der Waals surface area contributed by atoms with E-state index in [4.69, 9.17) is 5.11 Å². The molecule has 3 nitrogen and oxygen atoms in total. The van der Waals surface area contributed by atoms with Gasteiger partial charge in [-0.2, -0.15) is 0 Å². The zero-order valence-electron chi connectivity index (χ0n) is 10.0. The molecule has 1 fully saturated rings. The molecular weight excluding hydrogens is 190 g/mol. The summed E-state index contributed by atoms with van der Waals surface area (Å²) in [6, 6.07) is 0.00234. The first-order chi connectivity index (χ1) is 6.97. The van der Waals surface area contributed by atoms with Gasteiger partial charge in [0.05, 0.1) is 0 Å². The molecule has 0 aliphatic heterocycles. The Balaban J connectivity index is 2.54. The monoisotopic (exact) mass is 213 g/mol. The topological polar surface area (TPSA) is 49.3 Å². The molecule has 2 N–H and O–H groups in total. The number of carbonyl (C=O) groups is 1. The van der Waals surface area contributed by atoms with Crippen LogP contribution in [0.5, 0.6) is 0 Å². The van der Waals surface area contributed by atoms with Crippen molar-refractivity contribution >= 4 is 5.97 Å². The Morgan fingerprint density at radius 2 is 2.27 bits per heavy atom. The van der Waals surface area contributed by atoms with Gasteiger partial charge in [0.25, 0.3) is 0 Å². The molecule has 0 aromatic heterocycles. The average Bonchev–Trinajstić information content (AvgIpc) is 2.45. The Bertz CT molecular complexity index is 226. The molecule has 0 spiro atoms. The van der Waals surface area contributed by atoms with E-state index in [0.717, 1.165) is 19.3 Å². The highest BCUT2D eigenvalue weighted by molar-refractivity contribution is 5.73. The molecule has 88 valence electrons. The molecule has 0 saturated heterocycles. The summed E-state index contributed by atoms with van der Waals surface area (Å²) in [5.74, 6) is -0.709. The molecule has 0 amide bonds. The molecule has 1 aliphatic carbocycles. The van der Waals surface area contributed by atoms with Crippen molar-refractivity contribution in [1.29, 1.82) is 0 Å². The van der Waals surface area contributed by atoms with Gasteiger partial charge in [0.2, 0.25) is 0 Å². The summed E-state index contributed by atoms with van der Waals surface area (Å²) in [6.07, 6.45) is 5.16. The Morgan fingerprint density at radius 1 is 1.60 bits per heavy atom. The smallest absolute Gasteiger partial charge is 0.320 e. The van der Waals surface area contributed by atoms with Gasteiger partial charge in [-0.15, -0.1) is 0 Å². The maximum atomic E-state index is 11.0. The van der Waals surface area contributed by atoms with Gasteiger partial charge in [0, 0.05) is 6.04 Å². The highest BCUT2D eigenvalue weighted by atomic mass is 16.4. The molecule has 15 heavy (non-hydrogen) atoms. The van der Waals surface area contributed by atoms with E-state index in [1.54, 1.807) is 0 Å². The lowest BCUT2D eigenvalue weighted by Gasteiger charge is -2.30. The average molecular weight is 213 g/mol. The van der Waals surface area contributed by atoms with Gasteiger partial charge >= 0.3 is 5.97 Å². The van der Waals surface area contributed by atoms with Crippen LogP contribution in [-0.4, -0.2) is 23.2 Å². The van der Waals surface area contributed by atoms with E-state index in [2.05, 4.69) is 19.2 Å². The van der Waals surface area contributed by atoms with Gasteiger partial charge in [0.1, 0.15) is 6.04 Å². The number of hydrogen-bond donors (Lipinski definition) is 2. The molecule has 3 heteroatoms. The fourth-order valence-electron chi connectivity index (χ4n) is 2.45. The van der Waals surface area contributed by atoms with Crippen molar-refractivity contribution in [3.63, 3.8) is 0 Å². The van der Waals surface area contributed by atoms with Crippen LogP contribution in [0.4, 0.5) is 0 Å². The third-order valence-electron chi connectivity index (χ3n) is 3.54. The highest BCUT2D eigenvalue weighted by Gasteiger charge is 2.36. The van der Waals surface area contributed by atoms with Crippen molar-refractivity contribution in [3.8, 4) is 0 Å². The van der Waals surface area contributed by atoms with E-state index in [1.165, 1.54) is 12.8 Å². The van der Waals surface area contributed by atoms with Crippen molar-refractivity contribution in [2.45, 2.75) is 65.0 Å². The SMILES string of the molecule is CCCC(NC1CCCC1(C)C)C(=O)O. The predicted molar refractivity (Wildman–Crippen MR) is 60.9 cm³/mol. The van der Waals surface area contributed by atoms with Gasteiger partial charge in [-0.05, 0) is 24.7 Å². The number of hydrogen-bond acceptors (Lipinski definition) is 2. The highest BCUT2D eigenvalue weighted by Crippen LogP contribution is 2.37. The van der Waals surface area contributed by atoms with Crippen LogP contribution in [0.2, 0.25) is 0 Å². The van der Waals surface area contributed by atoms with E-state index in [-0.39, 0.29) is 11.5 Å². The van der Waals surface area contributed by atoms with Crippen LogP contribution in [0.25, 0.3) is 0 Å². The molecule has 0 radical (unpaired) electrons. The van der Waals surface area contributed by atoms with Crippen molar-refractivity contribution in [2.75, 3.05) is 0 Å². The molecule has 1 aliphatic rings. The lowest BCUT2D eigenvalue weighted by atomic mass is 9.87. The summed E-state index contributed by atoms with van der Waals surface area (Å²) in [6.45, 7) is 6.47. The number of aliphatic carboxylic acids is 1. The van der Waals surface area contributed by atoms with E-state index >= 15 is 0 Å². The maximum absolute atomic E-state index is 11.0. The molecule has 0 bridgehead atoms. The lowest BCUT2D eigenvalue weighted by molar-refractivity contribution is -0.140. The molecule has 0 heterocycles. The summed E-state index contributed by atoms with van der Waals surface area (Å²) in [5, 5.41) is 12.4. The van der Waals surface area contributed by atoms with Crippen LogP contribution in [0.15, 0.2) is 0 Å². The van der Waals surface area contributed by atoms with Gasteiger partial charge in [-0.1, -0.05) is 33.6 Å². The van der Waals surface area contributed by atoms with Crippen LogP contribution in [0.3, 0.4) is 0 Å². The second-order valence-electron chi connectivity index (χ2n) is 5.28. The number of carboxylic acid groups (broad SMARTS) is 1. The zero-order valence-corrected chi connectivity index (χ0v) is 10.0. The minimum Gasteiger partial charge on any atom is -0.480 e. The maximum Gasteiger partial charge on any atom is 0.320 e. The van der Waals surface area contributed by atoms with E-state index < -0.39 is 5.97 Å². The van der Waals surface area contributed by atoms with Crippen LogP contribution in [0, 0.1) is 5.41 Å². The minimum atomic E-state index is -0.709. The second kappa shape index (κ2) is 4.97. The van der Waals surface area contributed by atoms with Crippen molar-refractivity contribution < 1.29 is 9.90 Å². The third-order valence-corrected chi connectivity index (χ3v) is 3.54. The third kappa shape index (κ3) is 3.20. The van der Waals surface area contributed by atoms with Crippen molar-refractivity contribution in [2.24, 2.45) is 5.41 Å². The number of nitrogens with one attached hydrogen (secondary N) is 1. The summed E-state index contributed by atoms with van der Waals surface area (Å²) >= 11 is 0. The zero-order chi connectivity index (χ0) is 11.5. The summed E-state index contributed by atoms with van der Waals surface area (Å²) in [7, 11) is 0. The lowest BCUT2D eigenvalue weighted by Crippen LogP contribution is -2.47. The predicted octanol–water partition coefficient (Wildman–Crippen LogP) is 2.41. The first-order valence-corrected chi connectivity index (χ1v) is 5.96. The quantitative estimate of drug-likeness (QED) is 0.737. The standard InChI is InChI=1S/C12H23NO2/c1-4-6-9(11(14)15)13-10-7-5-8-12(10,2)3/h9-10,13H,4-8H2,1-3H3,(H,14,15). The molecule has 0 aromatic rings. The minimum absolute atomic E-state index is 0.251. The second-order valence-corrected chi connectivity index (χ2v) is 5.28. The first-order valence-electron chi connectivity index (χ1n) is 5.96. The van der Waals surface area contributed by atoms with Crippen molar-refractivity contribution in [1.82, 2.24) is 5.32 Å². The van der Waals surface area contributed by atoms with Crippen LogP contribution in [0.1, 0.15) is 52.9 Å². The molecule has 1 saturated carbocycles.